The molecule has 0 unspecified atom stereocenters. The topological polar surface area (TPSA) is 69.4 Å². The highest BCUT2D eigenvalue weighted by Gasteiger charge is 2.50. The zero-order chi connectivity index (χ0) is 19.0. The monoisotopic (exact) mass is 349 g/mol. The first-order valence-corrected chi connectivity index (χ1v) is 8.88. The van der Waals surface area contributed by atoms with Crippen LogP contribution in [0, 0.1) is 10.1 Å². The highest BCUT2D eigenvalue weighted by atomic mass is 16.6. The van der Waals surface area contributed by atoms with Crippen LogP contribution in [0.2, 0.25) is 0 Å². The molecule has 0 heterocycles. The van der Waals surface area contributed by atoms with E-state index in [-0.39, 0.29) is 19.4 Å². The Kier molecular flexibility index (Phi) is 13.0. The van der Waals surface area contributed by atoms with Crippen molar-refractivity contribution in [1.82, 2.24) is 0 Å². The van der Waals surface area contributed by atoms with Gasteiger partial charge in [0.1, 0.15) is 0 Å². The highest BCUT2D eigenvalue weighted by Crippen LogP contribution is 2.24. The number of nitrogens with zero attached hydrogens (tertiary/aromatic N) is 1. The Bertz CT molecular complexity index is 454. The molecule has 0 spiro atoms. The molecule has 0 rings (SSSR count). The smallest absolute Gasteiger partial charge is 0.385 e. The van der Waals surface area contributed by atoms with E-state index < -0.39 is 16.4 Å². The summed E-state index contributed by atoms with van der Waals surface area (Å²) in [5.74, 6) is -0.772. The maximum atomic E-state index is 12.3. The second kappa shape index (κ2) is 14.2. The third-order valence-electron chi connectivity index (χ3n) is 3.81. The Morgan fingerprint density at radius 3 is 1.84 bits per heavy atom. The van der Waals surface area contributed by atoms with Gasteiger partial charge < -0.3 is 4.74 Å². The number of ether oxygens (including phenoxy) is 1. The Balaban J connectivity index is 4.98. The molecule has 0 fully saturated rings. The van der Waals surface area contributed by atoms with Crippen LogP contribution in [0.5, 0.6) is 0 Å². The molecule has 0 aliphatic rings. The minimum atomic E-state index is -1.75. The van der Waals surface area contributed by atoms with Crippen molar-refractivity contribution in [2.24, 2.45) is 0 Å². The van der Waals surface area contributed by atoms with Crippen molar-refractivity contribution in [3.05, 3.63) is 59.7 Å². The first-order valence-electron chi connectivity index (χ1n) is 8.88. The third-order valence-corrected chi connectivity index (χ3v) is 3.81. The van der Waals surface area contributed by atoms with Crippen molar-refractivity contribution < 1.29 is 14.5 Å². The molecule has 0 bridgehead atoms. The lowest BCUT2D eigenvalue weighted by Crippen LogP contribution is -2.47. The molecule has 0 aliphatic carbocycles. The van der Waals surface area contributed by atoms with E-state index in [2.05, 4.69) is 13.2 Å². The van der Waals surface area contributed by atoms with E-state index in [4.69, 9.17) is 4.74 Å². The molecule has 140 valence electrons. The van der Waals surface area contributed by atoms with Gasteiger partial charge in [-0.25, -0.2) is 4.79 Å². The lowest BCUT2D eigenvalue weighted by molar-refractivity contribution is -0.554. The fourth-order valence-corrected chi connectivity index (χ4v) is 2.29. The molecule has 0 aliphatic heterocycles. The number of allylic oxidation sites excluding steroid dienone is 4. The van der Waals surface area contributed by atoms with Gasteiger partial charge in [0.05, 0.1) is 6.61 Å². The van der Waals surface area contributed by atoms with Crippen LogP contribution in [-0.2, 0) is 9.53 Å². The molecular formula is C20H31NO4. The summed E-state index contributed by atoms with van der Waals surface area (Å²) < 4.78 is 4.98. The summed E-state index contributed by atoms with van der Waals surface area (Å²) in [6, 6.07) is 0. The van der Waals surface area contributed by atoms with Crippen molar-refractivity contribution in [1.29, 1.82) is 0 Å². The number of esters is 1. The van der Waals surface area contributed by atoms with E-state index in [1.807, 2.05) is 24.3 Å². The van der Waals surface area contributed by atoms with Gasteiger partial charge in [-0.15, -0.1) is 13.2 Å². The molecule has 0 atom stereocenters. The van der Waals surface area contributed by atoms with Gasteiger partial charge in [0.2, 0.25) is 0 Å². The van der Waals surface area contributed by atoms with Gasteiger partial charge in [0.25, 0.3) is 0 Å². The minimum absolute atomic E-state index is 0.0317. The standard InChI is InChI=1S/C20H31NO4/c1-4-7-9-11-13-15-17-20(21(23)24,19(22)25-6-3)18-16-14-12-10-8-5-2/h4-5,13-16H,1-2,6-12,17-18H2,3H3. The van der Waals surface area contributed by atoms with Gasteiger partial charge in [-0.3, -0.25) is 10.1 Å². The molecule has 25 heavy (non-hydrogen) atoms. The van der Waals surface area contributed by atoms with Gasteiger partial charge in [-0.05, 0) is 45.4 Å². The maximum Gasteiger partial charge on any atom is 0.385 e. The zero-order valence-corrected chi connectivity index (χ0v) is 15.3. The largest absolute Gasteiger partial charge is 0.461 e. The maximum absolute atomic E-state index is 12.3. The summed E-state index contributed by atoms with van der Waals surface area (Å²) in [4.78, 5) is 23.5. The van der Waals surface area contributed by atoms with Gasteiger partial charge in [-0.1, -0.05) is 36.5 Å². The van der Waals surface area contributed by atoms with Gasteiger partial charge in [0.15, 0.2) is 0 Å². The normalized spacial score (nSPS) is 13.6. The quantitative estimate of drug-likeness (QED) is 0.134. The van der Waals surface area contributed by atoms with Gasteiger partial charge in [-0.2, -0.15) is 0 Å². The van der Waals surface area contributed by atoms with E-state index in [1.54, 1.807) is 19.1 Å². The second-order valence-electron chi connectivity index (χ2n) is 5.80. The Labute approximate surface area is 151 Å². The van der Waals surface area contributed by atoms with Crippen LogP contribution in [-0.4, -0.2) is 23.0 Å². The average Bonchev–Trinajstić information content (AvgIpc) is 2.59. The van der Waals surface area contributed by atoms with Crippen molar-refractivity contribution in [2.45, 2.75) is 63.8 Å². The summed E-state index contributed by atoms with van der Waals surface area (Å²) in [5.41, 5.74) is -1.75. The van der Waals surface area contributed by atoms with E-state index >= 15 is 0 Å². The number of hydrogen-bond donors (Lipinski definition) is 0. The number of rotatable bonds is 15. The molecule has 0 aromatic heterocycles. The predicted octanol–water partition coefficient (Wildman–Crippen LogP) is 5.17. The predicted molar refractivity (Wildman–Crippen MR) is 102 cm³/mol. The Hall–Kier alpha value is -2.17. The summed E-state index contributed by atoms with van der Waals surface area (Å²) in [6.45, 7) is 9.09. The molecule has 0 N–H and O–H groups in total. The summed E-state index contributed by atoms with van der Waals surface area (Å²) >= 11 is 0. The fourth-order valence-electron chi connectivity index (χ4n) is 2.29. The molecule has 0 amide bonds. The molecule has 0 saturated heterocycles. The Morgan fingerprint density at radius 1 is 1.00 bits per heavy atom. The third kappa shape index (κ3) is 9.03. The van der Waals surface area contributed by atoms with Crippen LogP contribution >= 0.6 is 0 Å². The van der Waals surface area contributed by atoms with E-state index in [0.29, 0.717) is 0 Å². The van der Waals surface area contributed by atoms with Crippen molar-refractivity contribution >= 4 is 5.97 Å². The second-order valence-corrected chi connectivity index (χ2v) is 5.80. The molecular weight excluding hydrogens is 318 g/mol. The zero-order valence-electron chi connectivity index (χ0n) is 15.3. The first-order chi connectivity index (χ1) is 12.0. The molecule has 5 heteroatoms. The van der Waals surface area contributed by atoms with Crippen LogP contribution in [0.15, 0.2) is 49.6 Å². The van der Waals surface area contributed by atoms with Crippen LogP contribution in [0.4, 0.5) is 0 Å². The van der Waals surface area contributed by atoms with Crippen LogP contribution in [0.1, 0.15) is 58.3 Å². The van der Waals surface area contributed by atoms with E-state index in [1.165, 1.54) is 0 Å². The van der Waals surface area contributed by atoms with Crippen LogP contribution in [0.3, 0.4) is 0 Å². The number of carbonyl (C=O) groups is 1. The molecule has 0 aromatic carbocycles. The highest BCUT2D eigenvalue weighted by molar-refractivity contribution is 5.79. The molecule has 0 radical (unpaired) electrons. The summed E-state index contributed by atoms with van der Waals surface area (Å²) in [5, 5.41) is 11.7. The summed E-state index contributed by atoms with van der Waals surface area (Å²) in [6.07, 6.45) is 16.2. The molecule has 0 saturated carbocycles. The number of unbranched alkanes of at least 4 members (excludes halogenated alkanes) is 4. The lowest BCUT2D eigenvalue weighted by atomic mass is 9.91. The van der Waals surface area contributed by atoms with E-state index in [0.717, 1.165) is 38.5 Å². The molecule has 5 nitrogen and oxygen atoms in total. The van der Waals surface area contributed by atoms with Crippen molar-refractivity contribution in [2.75, 3.05) is 6.61 Å². The SMILES string of the molecule is C=CCCCC=CCC(CC=CCCCC=C)(C(=O)OCC)[N+](=O)[O-]. The average molecular weight is 349 g/mol. The minimum Gasteiger partial charge on any atom is -0.461 e. The van der Waals surface area contributed by atoms with Gasteiger partial charge in [0, 0.05) is 17.8 Å². The summed E-state index contributed by atoms with van der Waals surface area (Å²) in [7, 11) is 0. The number of nitro groups is 1. The Morgan fingerprint density at radius 2 is 1.48 bits per heavy atom. The number of carbonyl (C=O) groups excluding carboxylic acids is 1. The van der Waals surface area contributed by atoms with E-state index in [9.17, 15) is 14.9 Å². The van der Waals surface area contributed by atoms with Crippen molar-refractivity contribution in [3.8, 4) is 0 Å². The molecule has 0 aromatic rings. The lowest BCUT2D eigenvalue weighted by Gasteiger charge is -2.20. The number of hydrogen-bond acceptors (Lipinski definition) is 4. The van der Waals surface area contributed by atoms with Crippen LogP contribution < -0.4 is 0 Å². The van der Waals surface area contributed by atoms with Crippen LogP contribution in [0.25, 0.3) is 0 Å². The van der Waals surface area contributed by atoms with Crippen molar-refractivity contribution in [3.63, 3.8) is 0 Å². The first kappa shape index (κ1) is 22.8. The fraction of sp³-hybridized carbons (Fsp3) is 0.550. The van der Waals surface area contributed by atoms with Gasteiger partial charge >= 0.3 is 11.5 Å².